The van der Waals surface area contributed by atoms with Crippen molar-refractivity contribution in [3.05, 3.63) is 28.3 Å². The van der Waals surface area contributed by atoms with Gasteiger partial charge in [-0.1, -0.05) is 13.8 Å². The van der Waals surface area contributed by atoms with E-state index in [1.54, 1.807) is 18.2 Å². The molecule has 0 aromatic heterocycles. The highest BCUT2D eigenvalue weighted by Crippen LogP contribution is 2.31. The van der Waals surface area contributed by atoms with Gasteiger partial charge in [0.2, 0.25) is 0 Å². The quantitative estimate of drug-likeness (QED) is 0.328. The third kappa shape index (κ3) is 7.84. The molecule has 9 nitrogen and oxygen atoms in total. The van der Waals surface area contributed by atoms with Crippen molar-refractivity contribution in [2.75, 3.05) is 33.5 Å². The van der Waals surface area contributed by atoms with Gasteiger partial charge in [-0.05, 0) is 12.1 Å². The Morgan fingerprint density at radius 2 is 2.00 bits per heavy atom. The first-order valence-electron chi connectivity index (χ1n) is 7.54. The van der Waals surface area contributed by atoms with E-state index in [9.17, 15) is 15.2 Å². The summed E-state index contributed by atoms with van der Waals surface area (Å²) < 4.78 is 16.1. The molecule has 0 saturated carbocycles. The van der Waals surface area contributed by atoms with Crippen LogP contribution in [0.15, 0.2) is 18.2 Å². The van der Waals surface area contributed by atoms with Crippen molar-refractivity contribution in [2.24, 2.45) is 0 Å². The molecule has 2 N–H and O–H groups in total. The molecule has 24 heavy (non-hydrogen) atoms. The van der Waals surface area contributed by atoms with Crippen molar-refractivity contribution in [3.8, 4) is 17.2 Å². The standard InChI is InChI=1S/C15H24N2O7/c1-11(2)16-9-12(18)10-23-15-8-13(4-5-14(15)21-3)22-6-7-24-17(19)20/h4-5,8,11-12,16,18H,6-7,9-10H2,1-3H3. The Bertz CT molecular complexity index is 511. The molecule has 0 amide bonds. The summed E-state index contributed by atoms with van der Waals surface area (Å²) in [6.07, 6.45) is -0.671. The Morgan fingerprint density at radius 3 is 2.62 bits per heavy atom. The second kappa shape index (κ2) is 10.5. The normalized spacial score (nSPS) is 11.9. The zero-order valence-corrected chi connectivity index (χ0v) is 14.1. The summed E-state index contributed by atoms with van der Waals surface area (Å²) in [5, 5.41) is 22.2. The first-order chi connectivity index (χ1) is 11.4. The molecule has 9 heteroatoms. The molecule has 136 valence electrons. The van der Waals surface area contributed by atoms with Crippen LogP contribution in [0.5, 0.6) is 17.2 Å². The number of hydrogen-bond acceptors (Lipinski definition) is 8. The maximum Gasteiger partial charge on any atom is 0.294 e. The minimum atomic E-state index is -0.876. The Kier molecular flexibility index (Phi) is 8.66. The predicted octanol–water partition coefficient (Wildman–Crippen LogP) is 1.02. The van der Waals surface area contributed by atoms with Gasteiger partial charge in [-0.2, -0.15) is 0 Å². The average molecular weight is 344 g/mol. The molecule has 1 aromatic carbocycles. The average Bonchev–Trinajstić information content (AvgIpc) is 2.54. The van der Waals surface area contributed by atoms with E-state index in [2.05, 4.69) is 10.2 Å². The van der Waals surface area contributed by atoms with Crippen LogP contribution >= 0.6 is 0 Å². The lowest BCUT2D eigenvalue weighted by atomic mass is 10.3. The smallest absolute Gasteiger partial charge is 0.294 e. The van der Waals surface area contributed by atoms with E-state index >= 15 is 0 Å². The van der Waals surface area contributed by atoms with Gasteiger partial charge in [0.25, 0.3) is 5.09 Å². The number of aliphatic hydroxyl groups is 1. The van der Waals surface area contributed by atoms with E-state index in [1.807, 2.05) is 13.8 Å². The first kappa shape index (κ1) is 19.8. The fourth-order valence-corrected chi connectivity index (χ4v) is 1.75. The van der Waals surface area contributed by atoms with E-state index < -0.39 is 11.2 Å². The molecule has 0 fully saturated rings. The number of benzene rings is 1. The predicted molar refractivity (Wildman–Crippen MR) is 86.1 cm³/mol. The summed E-state index contributed by atoms with van der Waals surface area (Å²) in [6.45, 7) is 4.32. The van der Waals surface area contributed by atoms with E-state index in [0.717, 1.165) is 0 Å². The number of nitrogens with zero attached hydrogens (tertiary/aromatic N) is 1. The topological polar surface area (TPSA) is 112 Å². The van der Waals surface area contributed by atoms with Crippen molar-refractivity contribution in [3.63, 3.8) is 0 Å². The van der Waals surface area contributed by atoms with Crippen molar-refractivity contribution >= 4 is 0 Å². The van der Waals surface area contributed by atoms with Crippen molar-refractivity contribution in [1.82, 2.24) is 5.32 Å². The molecule has 0 spiro atoms. The van der Waals surface area contributed by atoms with E-state index in [4.69, 9.17) is 14.2 Å². The zero-order chi connectivity index (χ0) is 17.9. The fraction of sp³-hybridized carbons (Fsp3) is 0.600. The van der Waals surface area contributed by atoms with Crippen LogP contribution in [0.25, 0.3) is 0 Å². The minimum absolute atomic E-state index is 0.0215. The number of methoxy groups -OCH3 is 1. The lowest BCUT2D eigenvalue weighted by Gasteiger charge is -2.17. The lowest BCUT2D eigenvalue weighted by Crippen LogP contribution is -2.35. The van der Waals surface area contributed by atoms with Crippen LogP contribution in [-0.2, 0) is 4.84 Å². The number of nitrogens with one attached hydrogen (secondary N) is 1. The lowest BCUT2D eigenvalue weighted by molar-refractivity contribution is -0.757. The van der Waals surface area contributed by atoms with E-state index in [1.165, 1.54) is 7.11 Å². The van der Waals surface area contributed by atoms with Crippen LogP contribution < -0.4 is 19.5 Å². The largest absolute Gasteiger partial charge is 0.493 e. The number of aliphatic hydroxyl groups excluding tert-OH is 1. The number of rotatable bonds is 12. The minimum Gasteiger partial charge on any atom is -0.493 e. The van der Waals surface area contributed by atoms with Crippen LogP contribution in [0, 0.1) is 10.1 Å². The van der Waals surface area contributed by atoms with Gasteiger partial charge in [0.05, 0.1) is 7.11 Å². The summed E-state index contributed by atoms with van der Waals surface area (Å²) in [5.41, 5.74) is 0. The highest BCUT2D eigenvalue weighted by molar-refractivity contribution is 5.45. The van der Waals surface area contributed by atoms with Gasteiger partial charge in [-0.15, -0.1) is 10.1 Å². The molecular weight excluding hydrogens is 320 g/mol. The van der Waals surface area contributed by atoms with Gasteiger partial charge in [-0.3, -0.25) is 0 Å². The van der Waals surface area contributed by atoms with Crippen molar-refractivity contribution < 1.29 is 29.2 Å². The number of hydrogen-bond donors (Lipinski definition) is 2. The third-order valence-corrected chi connectivity index (χ3v) is 2.88. The molecular formula is C15H24N2O7. The molecule has 0 saturated heterocycles. The first-order valence-corrected chi connectivity index (χ1v) is 7.54. The maximum absolute atomic E-state index is 10.1. The summed E-state index contributed by atoms with van der Waals surface area (Å²) in [4.78, 5) is 14.2. The molecule has 0 aliphatic carbocycles. The van der Waals surface area contributed by atoms with E-state index in [0.29, 0.717) is 23.8 Å². The Morgan fingerprint density at radius 1 is 1.25 bits per heavy atom. The Labute approximate surface area is 140 Å². The summed E-state index contributed by atoms with van der Waals surface area (Å²) in [5.74, 6) is 1.36. The van der Waals surface area contributed by atoms with Crippen LogP contribution in [0.3, 0.4) is 0 Å². The number of ether oxygens (including phenoxy) is 3. The van der Waals surface area contributed by atoms with Crippen molar-refractivity contribution in [1.29, 1.82) is 0 Å². The van der Waals surface area contributed by atoms with Crippen LogP contribution in [0.2, 0.25) is 0 Å². The highest BCUT2D eigenvalue weighted by Gasteiger charge is 2.11. The monoisotopic (exact) mass is 344 g/mol. The second-order valence-corrected chi connectivity index (χ2v) is 5.25. The highest BCUT2D eigenvalue weighted by atomic mass is 17.0. The zero-order valence-electron chi connectivity index (χ0n) is 14.1. The Balaban J connectivity index is 2.54. The van der Waals surface area contributed by atoms with Gasteiger partial charge in [0.15, 0.2) is 11.5 Å². The van der Waals surface area contributed by atoms with Gasteiger partial charge in [0.1, 0.15) is 31.7 Å². The molecule has 0 bridgehead atoms. The van der Waals surface area contributed by atoms with Crippen LogP contribution in [-0.4, -0.2) is 55.8 Å². The summed E-state index contributed by atoms with van der Waals surface area (Å²) in [6, 6.07) is 5.16. The SMILES string of the molecule is COc1ccc(OCCO[N+](=O)[O-])cc1OCC(O)CNC(C)C. The van der Waals surface area contributed by atoms with Gasteiger partial charge in [-0.25, -0.2) is 0 Å². The maximum atomic E-state index is 10.1. The third-order valence-electron chi connectivity index (χ3n) is 2.88. The summed E-state index contributed by atoms with van der Waals surface area (Å²) >= 11 is 0. The van der Waals surface area contributed by atoms with Crippen LogP contribution in [0.1, 0.15) is 13.8 Å². The molecule has 1 unspecified atom stereocenters. The molecule has 0 heterocycles. The Hall–Kier alpha value is -2.26. The molecule has 1 atom stereocenters. The van der Waals surface area contributed by atoms with Gasteiger partial charge in [0, 0.05) is 18.7 Å². The molecule has 1 aromatic rings. The van der Waals surface area contributed by atoms with Crippen molar-refractivity contribution in [2.45, 2.75) is 26.0 Å². The molecule has 1 rings (SSSR count). The molecule has 0 aliphatic rings. The van der Waals surface area contributed by atoms with E-state index in [-0.39, 0.29) is 25.9 Å². The second-order valence-electron chi connectivity index (χ2n) is 5.25. The summed E-state index contributed by atoms with van der Waals surface area (Å²) in [7, 11) is 1.50. The molecule has 0 radical (unpaired) electrons. The van der Waals surface area contributed by atoms with Crippen LogP contribution in [0.4, 0.5) is 0 Å². The van der Waals surface area contributed by atoms with Gasteiger partial charge < -0.3 is 29.5 Å². The van der Waals surface area contributed by atoms with Gasteiger partial charge >= 0.3 is 0 Å². The fourth-order valence-electron chi connectivity index (χ4n) is 1.75. The molecule has 0 aliphatic heterocycles.